The number of aromatic nitrogens is 5. The summed E-state index contributed by atoms with van der Waals surface area (Å²) >= 11 is 0. The molecule has 2 rings (SSSR count). The highest BCUT2D eigenvalue weighted by Gasteiger charge is 2.12. The van der Waals surface area contributed by atoms with Crippen LogP contribution in [0.5, 0.6) is 0 Å². The van der Waals surface area contributed by atoms with Crippen LogP contribution in [0.3, 0.4) is 0 Å². The van der Waals surface area contributed by atoms with Gasteiger partial charge in [0.1, 0.15) is 0 Å². The predicted octanol–water partition coefficient (Wildman–Crippen LogP) is 0.324. The number of hydrazine groups is 1. The standard InChI is InChI=1S/C12H16N8O/c1-3-7-8(4-2)17-20-12(14-7)15-11(21)9-5-6-10(16-13)19-18-9/h5-6H,3-4,13H2,1-2H3,(H,16,19)(H,14,15,20,21). The maximum absolute atomic E-state index is 12.0. The number of carbonyl (C=O) groups is 1. The van der Waals surface area contributed by atoms with Gasteiger partial charge < -0.3 is 5.43 Å². The molecule has 1 amide bonds. The van der Waals surface area contributed by atoms with Crippen LogP contribution in [0.4, 0.5) is 11.8 Å². The topological polar surface area (TPSA) is 132 Å². The monoisotopic (exact) mass is 288 g/mol. The molecule has 0 aliphatic carbocycles. The average Bonchev–Trinajstić information content (AvgIpc) is 2.54. The van der Waals surface area contributed by atoms with Crippen LogP contribution in [0, 0.1) is 0 Å². The second-order valence-electron chi connectivity index (χ2n) is 4.14. The molecular weight excluding hydrogens is 272 g/mol. The molecule has 4 N–H and O–H groups in total. The largest absolute Gasteiger partial charge is 0.307 e. The zero-order valence-corrected chi connectivity index (χ0v) is 11.8. The van der Waals surface area contributed by atoms with Crippen LogP contribution < -0.4 is 16.6 Å². The Balaban J connectivity index is 2.14. The molecule has 0 unspecified atom stereocenters. The van der Waals surface area contributed by atoms with Gasteiger partial charge in [-0.25, -0.2) is 10.8 Å². The highest BCUT2D eigenvalue weighted by atomic mass is 16.2. The van der Waals surface area contributed by atoms with Gasteiger partial charge in [0.25, 0.3) is 5.91 Å². The van der Waals surface area contributed by atoms with Gasteiger partial charge in [0, 0.05) is 0 Å². The lowest BCUT2D eigenvalue weighted by molar-refractivity contribution is 0.102. The lowest BCUT2D eigenvalue weighted by Gasteiger charge is -2.06. The Kier molecular flexibility index (Phi) is 4.67. The fraction of sp³-hybridized carbons (Fsp3) is 0.333. The van der Waals surface area contributed by atoms with Crippen molar-refractivity contribution in [3.63, 3.8) is 0 Å². The number of nitrogens with zero attached hydrogens (tertiary/aromatic N) is 5. The highest BCUT2D eigenvalue weighted by molar-refractivity contribution is 6.01. The number of hydrogen-bond donors (Lipinski definition) is 3. The van der Waals surface area contributed by atoms with Crippen LogP contribution in [-0.2, 0) is 12.8 Å². The number of carbonyl (C=O) groups excluding carboxylic acids is 1. The van der Waals surface area contributed by atoms with E-state index in [0.717, 1.165) is 24.2 Å². The smallest absolute Gasteiger partial charge is 0.278 e. The van der Waals surface area contributed by atoms with Gasteiger partial charge in [-0.15, -0.1) is 20.4 Å². The lowest BCUT2D eigenvalue weighted by atomic mass is 10.2. The minimum absolute atomic E-state index is 0.134. The molecule has 0 spiro atoms. The van der Waals surface area contributed by atoms with Crippen LogP contribution >= 0.6 is 0 Å². The van der Waals surface area contributed by atoms with E-state index in [1.54, 1.807) is 6.07 Å². The first kappa shape index (κ1) is 14.7. The molecule has 2 aromatic rings. The van der Waals surface area contributed by atoms with Crippen molar-refractivity contribution in [3.8, 4) is 0 Å². The van der Waals surface area contributed by atoms with Crippen molar-refractivity contribution < 1.29 is 4.79 Å². The molecule has 0 radical (unpaired) electrons. The van der Waals surface area contributed by atoms with Crippen LogP contribution in [0.1, 0.15) is 35.7 Å². The summed E-state index contributed by atoms with van der Waals surface area (Å²) < 4.78 is 0. The van der Waals surface area contributed by atoms with E-state index in [9.17, 15) is 4.79 Å². The normalized spacial score (nSPS) is 10.2. The fourth-order valence-electron chi connectivity index (χ4n) is 1.69. The Hall–Kier alpha value is -2.68. The second kappa shape index (κ2) is 6.66. The molecular formula is C12H16N8O. The molecule has 0 aromatic carbocycles. The zero-order chi connectivity index (χ0) is 15.2. The van der Waals surface area contributed by atoms with E-state index in [4.69, 9.17) is 5.84 Å². The summed E-state index contributed by atoms with van der Waals surface area (Å²) in [7, 11) is 0. The van der Waals surface area contributed by atoms with Crippen molar-refractivity contribution in [2.24, 2.45) is 5.84 Å². The van der Waals surface area contributed by atoms with Gasteiger partial charge in [0.2, 0.25) is 5.95 Å². The SMILES string of the molecule is CCc1nnc(NC(=O)c2ccc(NN)nn2)nc1CC. The summed E-state index contributed by atoms with van der Waals surface area (Å²) in [4.78, 5) is 16.3. The molecule has 9 heteroatoms. The van der Waals surface area contributed by atoms with Crippen LogP contribution in [0.2, 0.25) is 0 Å². The van der Waals surface area contributed by atoms with Crippen molar-refractivity contribution >= 4 is 17.7 Å². The van der Waals surface area contributed by atoms with Crippen LogP contribution in [0.15, 0.2) is 12.1 Å². The quantitative estimate of drug-likeness (QED) is 0.529. The average molecular weight is 288 g/mol. The van der Waals surface area contributed by atoms with Gasteiger partial charge in [-0.05, 0) is 25.0 Å². The van der Waals surface area contributed by atoms with Gasteiger partial charge in [-0.3, -0.25) is 10.1 Å². The van der Waals surface area contributed by atoms with E-state index in [1.807, 2.05) is 13.8 Å². The number of hydrogen-bond acceptors (Lipinski definition) is 8. The van der Waals surface area contributed by atoms with E-state index in [2.05, 4.69) is 36.1 Å². The minimum atomic E-state index is -0.459. The van der Waals surface area contributed by atoms with Crippen molar-refractivity contribution in [3.05, 3.63) is 29.2 Å². The lowest BCUT2D eigenvalue weighted by Crippen LogP contribution is -2.18. The third kappa shape index (κ3) is 3.45. The maximum atomic E-state index is 12.0. The number of nitrogens with two attached hydrogens (primary N) is 1. The number of aryl methyl sites for hydroxylation is 2. The zero-order valence-electron chi connectivity index (χ0n) is 11.8. The number of nitrogens with one attached hydrogen (secondary N) is 2. The third-order valence-corrected chi connectivity index (χ3v) is 2.78. The molecule has 0 saturated carbocycles. The molecule has 110 valence electrons. The summed E-state index contributed by atoms with van der Waals surface area (Å²) in [6.07, 6.45) is 1.47. The van der Waals surface area contributed by atoms with Gasteiger partial charge in [-0.1, -0.05) is 13.8 Å². The summed E-state index contributed by atoms with van der Waals surface area (Å²) in [5.41, 5.74) is 4.11. The molecule has 0 saturated heterocycles. The summed E-state index contributed by atoms with van der Waals surface area (Å²) in [5, 5.41) is 17.9. The highest BCUT2D eigenvalue weighted by Crippen LogP contribution is 2.08. The molecule has 0 atom stereocenters. The number of nitrogen functional groups attached to an aromatic ring is 1. The third-order valence-electron chi connectivity index (χ3n) is 2.78. The van der Waals surface area contributed by atoms with E-state index in [0.29, 0.717) is 5.82 Å². The van der Waals surface area contributed by atoms with Crippen molar-refractivity contribution in [2.75, 3.05) is 10.7 Å². The van der Waals surface area contributed by atoms with E-state index < -0.39 is 5.91 Å². The molecule has 2 aromatic heterocycles. The summed E-state index contributed by atoms with van der Waals surface area (Å²) in [6.45, 7) is 3.95. The molecule has 0 aliphatic heterocycles. The van der Waals surface area contributed by atoms with Crippen molar-refractivity contribution in [2.45, 2.75) is 26.7 Å². The van der Waals surface area contributed by atoms with E-state index in [1.165, 1.54) is 6.07 Å². The molecule has 0 aliphatic rings. The second-order valence-corrected chi connectivity index (χ2v) is 4.14. The Morgan fingerprint density at radius 3 is 2.43 bits per heavy atom. The van der Waals surface area contributed by atoms with Gasteiger partial charge >= 0.3 is 0 Å². The number of amides is 1. The Morgan fingerprint density at radius 2 is 1.86 bits per heavy atom. The van der Waals surface area contributed by atoms with Crippen molar-refractivity contribution in [1.82, 2.24) is 25.4 Å². The van der Waals surface area contributed by atoms with Crippen LogP contribution in [-0.4, -0.2) is 31.3 Å². The molecule has 21 heavy (non-hydrogen) atoms. The minimum Gasteiger partial charge on any atom is -0.307 e. The van der Waals surface area contributed by atoms with Crippen molar-refractivity contribution in [1.29, 1.82) is 0 Å². The van der Waals surface area contributed by atoms with E-state index in [-0.39, 0.29) is 11.6 Å². The first-order chi connectivity index (χ1) is 10.2. The first-order valence-corrected chi connectivity index (χ1v) is 6.52. The fourth-order valence-corrected chi connectivity index (χ4v) is 1.69. The molecule has 2 heterocycles. The number of rotatable bonds is 5. The molecule has 9 nitrogen and oxygen atoms in total. The Labute approximate surface area is 121 Å². The Morgan fingerprint density at radius 1 is 1.10 bits per heavy atom. The summed E-state index contributed by atoms with van der Waals surface area (Å²) in [6, 6.07) is 3.03. The summed E-state index contributed by atoms with van der Waals surface area (Å²) in [5.74, 6) is 5.23. The van der Waals surface area contributed by atoms with Gasteiger partial charge in [0.15, 0.2) is 11.5 Å². The van der Waals surface area contributed by atoms with Gasteiger partial charge in [0.05, 0.1) is 11.4 Å². The van der Waals surface area contributed by atoms with Crippen LogP contribution in [0.25, 0.3) is 0 Å². The predicted molar refractivity (Wildman–Crippen MR) is 76.4 cm³/mol. The number of anilines is 2. The Bertz CT molecular complexity index is 628. The van der Waals surface area contributed by atoms with Gasteiger partial charge in [-0.2, -0.15) is 0 Å². The molecule has 0 bridgehead atoms. The first-order valence-electron chi connectivity index (χ1n) is 6.52. The molecule has 0 fully saturated rings. The maximum Gasteiger partial charge on any atom is 0.278 e. The van der Waals surface area contributed by atoms with E-state index >= 15 is 0 Å².